The summed E-state index contributed by atoms with van der Waals surface area (Å²) >= 11 is 0. The Morgan fingerprint density at radius 3 is 2.37 bits per heavy atom. The predicted molar refractivity (Wildman–Crippen MR) is 70.2 cm³/mol. The molecule has 0 saturated heterocycles. The van der Waals surface area contributed by atoms with Crippen LogP contribution in [0.15, 0.2) is 55.1 Å². The van der Waals surface area contributed by atoms with Gasteiger partial charge in [0.25, 0.3) is 0 Å². The lowest BCUT2D eigenvalue weighted by molar-refractivity contribution is 0.103. The minimum Gasteiger partial charge on any atom is -0.288 e. The monoisotopic (exact) mass is 252 g/mol. The molecule has 1 aromatic carbocycles. The number of para-hydroxylation sites is 1. The minimum absolute atomic E-state index is 0.0738. The van der Waals surface area contributed by atoms with Crippen molar-refractivity contribution < 1.29 is 4.79 Å². The Morgan fingerprint density at radius 1 is 1.00 bits per heavy atom. The fourth-order valence-electron chi connectivity index (χ4n) is 1.87. The first-order valence-corrected chi connectivity index (χ1v) is 5.87. The molecule has 0 aliphatic carbocycles. The van der Waals surface area contributed by atoms with Crippen LogP contribution in [0.5, 0.6) is 0 Å². The van der Waals surface area contributed by atoms with E-state index in [-0.39, 0.29) is 5.78 Å². The van der Waals surface area contributed by atoms with Crippen LogP contribution in [0.4, 0.5) is 0 Å². The third-order valence-electron chi connectivity index (χ3n) is 2.83. The van der Waals surface area contributed by atoms with Crippen molar-refractivity contribution in [1.82, 2.24) is 19.6 Å². The van der Waals surface area contributed by atoms with Gasteiger partial charge in [-0.1, -0.05) is 18.2 Å². The standard InChI is InChI=1S/C14H12N4O/c1-17-9-11(7-15-17)14(19)12-8-16-18(10-12)13-5-3-2-4-6-13/h2-10H,1H3. The first-order valence-electron chi connectivity index (χ1n) is 5.87. The molecule has 2 aromatic heterocycles. The molecule has 0 radical (unpaired) electrons. The van der Waals surface area contributed by atoms with Gasteiger partial charge in [0.2, 0.25) is 0 Å². The highest BCUT2D eigenvalue weighted by atomic mass is 16.1. The van der Waals surface area contributed by atoms with Crippen LogP contribution >= 0.6 is 0 Å². The molecule has 2 heterocycles. The highest BCUT2D eigenvalue weighted by Crippen LogP contribution is 2.11. The lowest BCUT2D eigenvalue weighted by Gasteiger charge is -1.98. The van der Waals surface area contributed by atoms with E-state index in [4.69, 9.17) is 0 Å². The first kappa shape index (κ1) is 11.4. The van der Waals surface area contributed by atoms with Gasteiger partial charge in [0.15, 0.2) is 5.78 Å². The molecule has 5 heteroatoms. The van der Waals surface area contributed by atoms with Gasteiger partial charge in [-0.15, -0.1) is 0 Å². The second-order valence-corrected chi connectivity index (χ2v) is 4.24. The smallest absolute Gasteiger partial charge is 0.199 e. The Balaban J connectivity index is 1.92. The van der Waals surface area contributed by atoms with Gasteiger partial charge in [0.05, 0.1) is 29.2 Å². The van der Waals surface area contributed by atoms with Gasteiger partial charge in [0.1, 0.15) is 0 Å². The summed E-state index contributed by atoms with van der Waals surface area (Å²) in [5.74, 6) is -0.0738. The lowest BCUT2D eigenvalue weighted by atomic mass is 10.1. The van der Waals surface area contributed by atoms with Crippen LogP contribution in [0.3, 0.4) is 0 Å². The van der Waals surface area contributed by atoms with Crippen molar-refractivity contribution in [2.24, 2.45) is 7.05 Å². The second-order valence-electron chi connectivity index (χ2n) is 4.24. The van der Waals surface area contributed by atoms with Gasteiger partial charge in [-0.05, 0) is 12.1 Å². The maximum absolute atomic E-state index is 12.2. The quantitative estimate of drug-likeness (QED) is 0.668. The highest BCUT2D eigenvalue weighted by molar-refractivity contribution is 6.08. The zero-order valence-corrected chi connectivity index (χ0v) is 10.4. The molecule has 0 atom stereocenters. The molecule has 0 bridgehead atoms. The summed E-state index contributed by atoms with van der Waals surface area (Å²) in [5, 5.41) is 8.21. The summed E-state index contributed by atoms with van der Waals surface area (Å²) in [4.78, 5) is 12.2. The number of carbonyl (C=O) groups is 1. The first-order chi connectivity index (χ1) is 9.24. The number of hydrogen-bond donors (Lipinski definition) is 0. The van der Waals surface area contributed by atoms with Crippen molar-refractivity contribution in [2.45, 2.75) is 0 Å². The lowest BCUT2D eigenvalue weighted by Crippen LogP contribution is -1.98. The summed E-state index contributed by atoms with van der Waals surface area (Å²) in [6.07, 6.45) is 6.55. The number of benzene rings is 1. The van der Waals surface area contributed by atoms with E-state index in [0.717, 1.165) is 5.69 Å². The molecule has 0 fully saturated rings. The zero-order valence-electron chi connectivity index (χ0n) is 10.4. The van der Waals surface area contributed by atoms with Gasteiger partial charge >= 0.3 is 0 Å². The van der Waals surface area contributed by atoms with E-state index < -0.39 is 0 Å². The van der Waals surface area contributed by atoms with Gasteiger partial charge in [-0.2, -0.15) is 10.2 Å². The Hall–Kier alpha value is -2.69. The number of carbonyl (C=O) groups excluding carboxylic acids is 1. The summed E-state index contributed by atoms with van der Waals surface area (Å²) < 4.78 is 3.29. The Bertz CT molecular complexity index is 712. The number of rotatable bonds is 3. The number of ketones is 1. The van der Waals surface area contributed by atoms with Crippen molar-refractivity contribution in [1.29, 1.82) is 0 Å². The SMILES string of the molecule is Cn1cc(C(=O)c2cnn(-c3ccccc3)c2)cn1. The van der Waals surface area contributed by atoms with Crippen molar-refractivity contribution in [2.75, 3.05) is 0 Å². The van der Waals surface area contributed by atoms with Gasteiger partial charge in [-0.3, -0.25) is 9.48 Å². The van der Waals surface area contributed by atoms with Gasteiger partial charge in [-0.25, -0.2) is 4.68 Å². The predicted octanol–water partition coefficient (Wildman–Crippen LogP) is 1.84. The topological polar surface area (TPSA) is 52.7 Å². The normalized spacial score (nSPS) is 10.6. The maximum atomic E-state index is 12.2. The maximum Gasteiger partial charge on any atom is 0.199 e. The third-order valence-corrected chi connectivity index (χ3v) is 2.83. The molecule has 0 unspecified atom stereocenters. The fourth-order valence-corrected chi connectivity index (χ4v) is 1.87. The molecule has 0 N–H and O–H groups in total. The number of hydrogen-bond acceptors (Lipinski definition) is 3. The van der Waals surface area contributed by atoms with Crippen molar-refractivity contribution in [3.63, 3.8) is 0 Å². The summed E-state index contributed by atoms with van der Waals surface area (Å²) in [6.45, 7) is 0. The molecule has 94 valence electrons. The van der Waals surface area contributed by atoms with E-state index in [1.807, 2.05) is 30.3 Å². The van der Waals surface area contributed by atoms with Gasteiger partial charge < -0.3 is 0 Å². The Kier molecular flexibility index (Phi) is 2.72. The van der Waals surface area contributed by atoms with E-state index in [2.05, 4.69) is 10.2 Å². The number of nitrogens with zero attached hydrogens (tertiary/aromatic N) is 4. The zero-order chi connectivity index (χ0) is 13.2. The van der Waals surface area contributed by atoms with Crippen LogP contribution in [0.2, 0.25) is 0 Å². The van der Waals surface area contributed by atoms with Gasteiger partial charge in [0, 0.05) is 19.4 Å². The fraction of sp³-hybridized carbons (Fsp3) is 0.0714. The molecular weight excluding hydrogens is 240 g/mol. The van der Waals surface area contributed by atoms with Crippen molar-refractivity contribution in [3.8, 4) is 5.69 Å². The van der Waals surface area contributed by atoms with E-state index in [1.165, 1.54) is 0 Å². The van der Waals surface area contributed by atoms with Crippen LogP contribution in [0.25, 0.3) is 5.69 Å². The molecule has 0 aliphatic rings. The average Bonchev–Trinajstić information content (AvgIpc) is 3.08. The van der Waals surface area contributed by atoms with Crippen molar-refractivity contribution in [3.05, 3.63) is 66.2 Å². The molecule has 0 amide bonds. The number of aryl methyl sites for hydroxylation is 1. The molecule has 3 aromatic rings. The Labute approximate surface area is 110 Å². The largest absolute Gasteiger partial charge is 0.288 e. The third kappa shape index (κ3) is 2.18. The number of aromatic nitrogens is 4. The molecule has 3 rings (SSSR count). The van der Waals surface area contributed by atoms with Crippen molar-refractivity contribution >= 4 is 5.78 Å². The average molecular weight is 252 g/mol. The molecule has 0 spiro atoms. The van der Waals surface area contributed by atoms with E-state index >= 15 is 0 Å². The summed E-state index contributed by atoms with van der Waals surface area (Å²) in [6, 6.07) is 9.67. The molecular formula is C14H12N4O. The van der Waals surface area contributed by atoms with Crippen LogP contribution in [0.1, 0.15) is 15.9 Å². The molecule has 0 aliphatic heterocycles. The molecule has 19 heavy (non-hydrogen) atoms. The highest BCUT2D eigenvalue weighted by Gasteiger charge is 2.13. The summed E-state index contributed by atoms with van der Waals surface area (Å²) in [5.41, 5.74) is 2.04. The van der Waals surface area contributed by atoms with Crippen LogP contribution < -0.4 is 0 Å². The Morgan fingerprint density at radius 2 is 1.68 bits per heavy atom. The van der Waals surface area contributed by atoms with Crippen LogP contribution in [-0.4, -0.2) is 25.3 Å². The second kappa shape index (κ2) is 4.53. The van der Waals surface area contributed by atoms with Crippen LogP contribution in [-0.2, 0) is 7.05 Å². The van der Waals surface area contributed by atoms with E-state index in [9.17, 15) is 4.79 Å². The van der Waals surface area contributed by atoms with E-state index in [1.54, 1.807) is 41.2 Å². The minimum atomic E-state index is -0.0738. The van der Waals surface area contributed by atoms with Crippen LogP contribution in [0, 0.1) is 0 Å². The summed E-state index contributed by atoms with van der Waals surface area (Å²) in [7, 11) is 1.78. The van der Waals surface area contributed by atoms with E-state index in [0.29, 0.717) is 11.1 Å². The molecule has 5 nitrogen and oxygen atoms in total. The molecule has 0 saturated carbocycles.